The van der Waals surface area contributed by atoms with E-state index in [0.717, 1.165) is 24.8 Å². The summed E-state index contributed by atoms with van der Waals surface area (Å²) >= 11 is 0. The number of fused-ring (bicyclic) bond motifs is 5. The monoisotopic (exact) mass is 464 g/mol. The number of halogens is 1. The lowest BCUT2D eigenvalue weighted by atomic mass is 9.93. The summed E-state index contributed by atoms with van der Waals surface area (Å²) < 4.78 is 19.7. The molecule has 3 aliphatic rings. The van der Waals surface area contributed by atoms with Gasteiger partial charge < -0.3 is 4.74 Å². The van der Waals surface area contributed by atoms with Gasteiger partial charge in [-0.2, -0.15) is 5.26 Å². The molecular weight excluding hydrogens is 439 g/mol. The molecule has 1 amide bonds. The highest BCUT2D eigenvalue weighted by Crippen LogP contribution is 2.45. The highest BCUT2D eigenvalue weighted by molar-refractivity contribution is 5.79. The maximum absolute atomic E-state index is 13.8. The van der Waals surface area contributed by atoms with Crippen molar-refractivity contribution in [3.05, 3.63) is 106 Å². The number of rotatable bonds is 4. The Balaban J connectivity index is 1.17. The topological polar surface area (TPSA) is 53.3 Å². The molecule has 0 N–H and O–H groups in total. The van der Waals surface area contributed by atoms with E-state index in [-0.39, 0.29) is 29.9 Å². The van der Waals surface area contributed by atoms with Gasteiger partial charge in [0.05, 0.1) is 17.7 Å². The Morgan fingerprint density at radius 3 is 2.43 bits per heavy atom. The highest BCUT2D eigenvalue weighted by Gasteiger charge is 2.41. The molecule has 2 bridgehead atoms. The number of hydrogen-bond acceptors (Lipinski definition) is 3. The zero-order chi connectivity index (χ0) is 23.9. The van der Waals surface area contributed by atoms with E-state index in [1.54, 1.807) is 0 Å². The number of benzene rings is 3. The molecule has 4 nitrogen and oxygen atoms in total. The van der Waals surface area contributed by atoms with Gasteiger partial charge in [0.1, 0.15) is 12.4 Å². The molecule has 174 valence electrons. The third kappa shape index (κ3) is 3.80. The molecule has 2 unspecified atom stereocenters. The fourth-order valence-electron chi connectivity index (χ4n) is 6.07. The lowest BCUT2D eigenvalue weighted by Crippen LogP contribution is -2.44. The molecule has 3 aromatic rings. The van der Waals surface area contributed by atoms with Gasteiger partial charge in [-0.05, 0) is 71.7 Å². The van der Waals surface area contributed by atoms with Crippen molar-refractivity contribution < 1.29 is 13.9 Å². The highest BCUT2D eigenvalue weighted by atomic mass is 19.1. The largest absolute Gasteiger partial charge is 0.448 e. The van der Waals surface area contributed by atoms with Crippen LogP contribution in [0.25, 0.3) is 11.1 Å². The maximum Gasteiger partial charge on any atom is 0.410 e. The van der Waals surface area contributed by atoms with E-state index in [4.69, 9.17) is 4.74 Å². The summed E-state index contributed by atoms with van der Waals surface area (Å²) in [6, 6.07) is 23.2. The first-order valence-electron chi connectivity index (χ1n) is 12.1. The Labute approximate surface area is 204 Å². The molecule has 1 saturated heterocycles. The second-order valence-corrected chi connectivity index (χ2v) is 9.63. The van der Waals surface area contributed by atoms with Gasteiger partial charge in [0, 0.05) is 12.0 Å². The molecule has 5 heteroatoms. The Kier molecular flexibility index (Phi) is 5.37. The first-order chi connectivity index (χ1) is 17.1. The standard InChI is InChI=1S/C30H25FN2O2/c31-22-10-9-20(17-32)21(16-22)13-19-14-23-11-12-24(15-19)33(23)30(34)35-18-29-27-7-3-1-5-25(27)26-6-2-4-8-28(26)29/h1-10,14,16,23-24,29H,11-13,15,18H2. The van der Waals surface area contributed by atoms with Crippen molar-refractivity contribution in [2.24, 2.45) is 0 Å². The predicted molar refractivity (Wildman–Crippen MR) is 131 cm³/mol. The van der Waals surface area contributed by atoms with Crippen LogP contribution in [0.1, 0.15) is 47.4 Å². The van der Waals surface area contributed by atoms with Gasteiger partial charge in [-0.3, -0.25) is 4.90 Å². The summed E-state index contributed by atoms with van der Waals surface area (Å²) in [5.41, 5.74) is 7.18. The summed E-state index contributed by atoms with van der Waals surface area (Å²) in [4.78, 5) is 15.1. The van der Waals surface area contributed by atoms with Crippen LogP contribution in [0.3, 0.4) is 0 Å². The quantitative estimate of drug-likeness (QED) is 0.423. The Morgan fingerprint density at radius 1 is 1.03 bits per heavy atom. The van der Waals surface area contributed by atoms with Gasteiger partial charge in [-0.25, -0.2) is 9.18 Å². The molecule has 6 rings (SSSR count). The van der Waals surface area contributed by atoms with Gasteiger partial charge in [-0.15, -0.1) is 0 Å². The second-order valence-electron chi connectivity index (χ2n) is 9.63. The van der Waals surface area contributed by atoms with E-state index in [9.17, 15) is 14.4 Å². The first kappa shape index (κ1) is 21.6. The average molecular weight is 465 g/mol. The second kappa shape index (κ2) is 8.70. The van der Waals surface area contributed by atoms with Crippen molar-refractivity contribution in [2.75, 3.05) is 6.61 Å². The van der Waals surface area contributed by atoms with Crippen LogP contribution in [0.15, 0.2) is 78.4 Å². The van der Waals surface area contributed by atoms with Crippen LogP contribution in [0.2, 0.25) is 0 Å². The van der Waals surface area contributed by atoms with Crippen LogP contribution in [-0.2, 0) is 11.2 Å². The molecule has 1 aliphatic carbocycles. The lowest BCUT2D eigenvalue weighted by Gasteiger charge is -2.33. The Morgan fingerprint density at radius 2 is 1.74 bits per heavy atom. The van der Waals surface area contributed by atoms with Crippen molar-refractivity contribution in [1.82, 2.24) is 4.90 Å². The lowest BCUT2D eigenvalue weighted by molar-refractivity contribution is 0.0849. The molecule has 3 aromatic carbocycles. The number of carbonyl (C=O) groups is 1. The molecule has 2 atom stereocenters. The van der Waals surface area contributed by atoms with E-state index < -0.39 is 0 Å². The molecule has 0 saturated carbocycles. The van der Waals surface area contributed by atoms with E-state index >= 15 is 0 Å². The van der Waals surface area contributed by atoms with E-state index in [1.807, 2.05) is 29.2 Å². The number of carbonyl (C=O) groups excluding carboxylic acids is 1. The molecule has 35 heavy (non-hydrogen) atoms. The summed E-state index contributed by atoms with van der Waals surface area (Å²) in [5, 5.41) is 9.38. The summed E-state index contributed by atoms with van der Waals surface area (Å²) in [6.07, 6.45) is 4.93. The normalized spacial score (nSPS) is 20.1. The molecule has 1 fully saturated rings. The Hall–Kier alpha value is -3.91. The minimum Gasteiger partial charge on any atom is -0.448 e. The van der Waals surface area contributed by atoms with E-state index in [1.165, 1.54) is 40.5 Å². The summed E-state index contributed by atoms with van der Waals surface area (Å²) in [5.74, 6) is -0.295. The van der Waals surface area contributed by atoms with Crippen LogP contribution in [0.4, 0.5) is 9.18 Å². The van der Waals surface area contributed by atoms with Crippen molar-refractivity contribution in [1.29, 1.82) is 5.26 Å². The van der Waals surface area contributed by atoms with Crippen molar-refractivity contribution in [3.8, 4) is 17.2 Å². The van der Waals surface area contributed by atoms with Gasteiger partial charge >= 0.3 is 6.09 Å². The van der Waals surface area contributed by atoms with Crippen LogP contribution >= 0.6 is 0 Å². The van der Waals surface area contributed by atoms with Gasteiger partial charge in [-0.1, -0.05) is 60.2 Å². The van der Waals surface area contributed by atoms with Crippen LogP contribution in [0.5, 0.6) is 0 Å². The van der Waals surface area contributed by atoms with Gasteiger partial charge in [0.15, 0.2) is 0 Å². The minimum atomic E-state index is -0.335. The summed E-state index contributed by atoms with van der Waals surface area (Å²) in [6.45, 7) is 0.314. The van der Waals surface area contributed by atoms with Gasteiger partial charge in [0.25, 0.3) is 0 Å². The zero-order valence-electron chi connectivity index (χ0n) is 19.3. The smallest absolute Gasteiger partial charge is 0.410 e. The first-order valence-corrected chi connectivity index (χ1v) is 12.1. The molecule has 2 aliphatic heterocycles. The van der Waals surface area contributed by atoms with Crippen molar-refractivity contribution in [3.63, 3.8) is 0 Å². The minimum absolute atomic E-state index is 0.0153. The number of nitrogens with zero attached hydrogens (tertiary/aromatic N) is 2. The number of amides is 1. The molecule has 0 spiro atoms. The van der Waals surface area contributed by atoms with Crippen molar-refractivity contribution >= 4 is 6.09 Å². The van der Waals surface area contributed by atoms with Gasteiger partial charge in [0.2, 0.25) is 0 Å². The fraction of sp³-hybridized carbons (Fsp3) is 0.267. The third-order valence-corrected chi connectivity index (χ3v) is 7.62. The van der Waals surface area contributed by atoms with Crippen LogP contribution < -0.4 is 0 Å². The molecule has 2 heterocycles. The molecule has 0 aromatic heterocycles. The Bertz CT molecular complexity index is 1340. The van der Waals surface area contributed by atoms with Crippen LogP contribution in [-0.4, -0.2) is 29.7 Å². The third-order valence-electron chi connectivity index (χ3n) is 7.62. The number of ether oxygens (including phenoxy) is 1. The predicted octanol–water partition coefficient (Wildman–Crippen LogP) is 6.35. The van der Waals surface area contributed by atoms with E-state index in [0.29, 0.717) is 24.2 Å². The average Bonchev–Trinajstić information content (AvgIpc) is 3.34. The van der Waals surface area contributed by atoms with Crippen molar-refractivity contribution in [2.45, 2.75) is 43.7 Å². The molecular formula is C30H25FN2O2. The van der Waals surface area contributed by atoms with E-state index in [2.05, 4.69) is 36.4 Å². The SMILES string of the molecule is N#Cc1ccc(F)cc1CC1=CC2CCC(C1)N2C(=O)OCC1c2ccccc2-c2ccccc21. The fourth-order valence-corrected chi connectivity index (χ4v) is 6.07. The maximum atomic E-state index is 13.8. The van der Waals surface area contributed by atoms with Crippen LogP contribution in [0, 0.1) is 17.1 Å². The number of nitriles is 1. The summed E-state index contributed by atoms with van der Waals surface area (Å²) in [7, 11) is 0. The zero-order valence-corrected chi connectivity index (χ0v) is 19.3. The number of hydrogen-bond donors (Lipinski definition) is 0. The molecule has 0 radical (unpaired) electrons.